The van der Waals surface area contributed by atoms with Crippen LogP contribution in [0.15, 0.2) is 60.8 Å². The van der Waals surface area contributed by atoms with Crippen LogP contribution in [0.25, 0.3) is 10.9 Å². The summed E-state index contributed by atoms with van der Waals surface area (Å²) in [5, 5.41) is 19.1. The Morgan fingerprint density at radius 2 is 1.07 bits per heavy atom. The van der Waals surface area contributed by atoms with E-state index >= 15 is 9.59 Å². The largest absolute Gasteiger partial charge is 0.451 e. The number of likely N-dealkylation sites (N-methyl/N-ethyl adjacent to an activating group) is 3. The van der Waals surface area contributed by atoms with E-state index in [9.17, 15) is 29.2 Å². The maximum Gasteiger partial charge on any atom is 0.329 e. The summed E-state index contributed by atoms with van der Waals surface area (Å²) in [7, 11) is 4.42. The summed E-state index contributed by atoms with van der Waals surface area (Å²) < 4.78 is 7.85. The van der Waals surface area contributed by atoms with Crippen LogP contribution in [0.3, 0.4) is 0 Å². The fourth-order valence-electron chi connectivity index (χ4n) is 8.85. The van der Waals surface area contributed by atoms with Crippen LogP contribution in [0, 0.1) is 35.0 Å². The molecule has 2 aromatic carbocycles. The molecule has 2 heterocycles. The zero-order valence-corrected chi connectivity index (χ0v) is 42.8. The van der Waals surface area contributed by atoms with Crippen LogP contribution in [0.5, 0.6) is 0 Å². The van der Waals surface area contributed by atoms with Crippen LogP contribution >= 0.6 is 0 Å². The maximum absolute atomic E-state index is 15.1. The van der Waals surface area contributed by atoms with Gasteiger partial charge in [0, 0.05) is 64.1 Å². The van der Waals surface area contributed by atoms with Crippen LogP contribution < -0.4 is 16.0 Å². The molecule has 0 radical (unpaired) electrons. The molecule has 7 atom stereocenters. The number of nitrogens with zero attached hydrogens (tertiary/aromatic N) is 5. The number of hydrogen-bond acceptors (Lipinski definition) is 9. The number of rotatable bonds is 14. The van der Waals surface area contributed by atoms with Gasteiger partial charge in [0.25, 0.3) is 5.91 Å². The Morgan fingerprint density at radius 1 is 0.609 bits per heavy atom. The molecule has 0 bridgehead atoms. The third kappa shape index (κ3) is 15.1. The van der Waals surface area contributed by atoms with Gasteiger partial charge in [0.05, 0.1) is 6.07 Å². The van der Waals surface area contributed by atoms with Gasteiger partial charge in [-0.1, -0.05) is 104 Å². The van der Waals surface area contributed by atoms with Crippen LogP contribution in [0.4, 0.5) is 0 Å². The first kappa shape index (κ1) is 55.4. The van der Waals surface area contributed by atoms with Crippen LogP contribution in [0.1, 0.15) is 112 Å². The molecule has 1 aliphatic heterocycles. The maximum atomic E-state index is 15.1. The smallest absolute Gasteiger partial charge is 0.329 e. The zero-order valence-electron chi connectivity index (χ0n) is 42.8. The van der Waals surface area contributed by atoms with E-state index in [4.69, 9.17) is 4.74 Å². The van der Waals surface area contributed by atoms with E-state index in [0.717, 1.165) is 26.9 Å². The average molecular weight is 953 g/mol. The summed E-state index contributed by atoms with van der Waals surface area (Å²) in [6, 6.07) is 12.8. The number of aromatic nitrogens is 1. The predicted molar refractivity (Wildman–Crippen MR) is 265 cm³/mol. The number of ether oxygens (including phenoxy) is 1. The molecule has 1 aromatic heterocycles. The number of nitriles is 1. The van der Waals surface area contributed by atoms with Crippen molar-refractivity contribution in [2.45, 2.75) is 156 Å². The summed E-state index contributed by atoms with van der Waals surface area (Å²) in [6.45, 7) is 17.2. The van der Waals surface area contributed by atoms with Gasteiger partial charge in [0.2, 0.25) is 29.5 Å². The topological polar surface area (TPSA) is 203 Å². The normalized spacial score (nSPS) is 23.3. The number of fused-ring (bicyclic) bond motifs is 1. The first-order valence-corrected chi connectivity index (χ1v) is 24.4. The van der Waals surface area contributed by atoms with Gasteiger partial charge in [-0.3, -0.25) is 28.8 Å². The monoisotopic (exact) mass is 953 g/mol. The first-order valence-electron chi connectivity index (χ1n) is 24.4. The van der Waals surface area contributed by atoms with E-state index in [-0.39, 0.29) is 68.6 Å². The lowest BCUT2D eigenvalue weighted by Crippen LogP contribution is -2.60. The Labute approximate surface area is 408 Å². The van der Waals surface area contributed by atoms with Gasteiger partial charge >= 0.3 is 5.97 Å². The van der Waals surface area contributed by atoms with E-state index < -0.39 is 83.8 Å². The van der Waals surface area contributed by atoms with E-state index in [1.165, 1.54) is 37.9 Å². The zero-order chi connectivity index (χ0) is 51.3. The first-order chi connectivity index (χ1) is 32.5. The number of amides is 6. The molecule has 1 fully saturated rings. The van der Waals surface area contributed by atoms with Gasteiger partial charge in [0.15, 0.2) is 6.10 Å². The van der Waals surface area contributed by atoms with Crippen molar-refractivity contribution in [3.8, 4) is 6.07 Å². The van der Waals surface area contributed by atoms with Gasteiger partial charge < -0.3 is 40.0 Å². The molecule has 3 aromatic rings. The van der Waals surface area contributed by atoms with Crippen molar-refractivity contribution in [3.05, 3.63) is 71.9 Å². The highest BCUT2D eigenvalue weighted by Gasteiger charge is 2.40. The third-order valence-electron chi connectivity index (χ3n) is 12.7. The van der Waals surface area contributed by atoms with Gasteiger partial charge in [-0.05, 0) is 73.5 Å². The quantitative estimate of drug-likeness (QED) is 0.172. The number of carbonyl (C=O) groups excluding carboxylic acids is 7. The number of benzene rings is 2. The number of nitrogens with one attached hydrogen (secondary N) is 3. The van der Waals surface area contributed by atoms with E-state index in [1.54, 1.807) is 0 Å². The fourth-order valence-corrected chi connectivity index (χ4v) is 8.85. The Hall–Kier alpha value is -6.24. The van der Waals surface area contributed by atoms with Gasteiger partial charge in [-0.2, -0.15) is 5.26 Å². The SMILES string of the molecule is CC(C)C[C@@H]1NC(=O)[C@H](Cc2cn(Cc3ccccc3)c3ccccc23)N(C)C(=O)[C@H](CC(C)C)NC(=O)[C@H](CC(C)C)N(C)C(=O)[C@H](CC(C)C)NC(=O)C(CCC#N)OC(=O)[C@H](C)N(C)C1=O. The second kappa shape index (κ2) is 25.4. The minimum atomic E-state index is -1.50. The Bertz CT molecular complexity index is 2300. The molecule has 0 spiro atoms. The van der Waals surface area contributed by atoms with E-state index in [0.29, 0.717) is 6.54 Å². The van der Waals surface area contributed by atoms with Crippen LogP contribution in [-0.2, 0) is 51.3 Å². The number of para-hydroxylation sites is 1. The molecular weight excluding hydrogens is 877 g/mol. The highest BCUT2D eigenvalue weighted by molar-refractivity contribution is 5.98. The molecule has 16 nitrogen and oxygen atoms in total. The summed E-state index contributed by atoms with van der Waals surface area (Å²) in [4.78, 5) is 106. The molecule has 1 saturated heterocycles. The molecule has 4 rings (SSSR count). The summed E-state index contributed by atoms with van der Waals surface area (Å²) in [5.74, 6) is -5.07. The molecule has 0 aliphatic carbocycles. The van der Waals surface area contributed by atoms with Crippen LogP contribution in [0.2, 0.25) is 0 Å². The minimum absolute atomic E-state index is 0.0371. The highest BCUT2D eigenvalue weighted by atomic mass is 16.5. The summed E-state index contributed by atoms with van der Waals surface area (Å²) in [6.07, 6.45) is 0.932. The minimum Gasteiger partial charge on any atom is -0.451 e. The second-order valence-corrected chi connectivity index (χ2v) is 20.4. The Balaban J connectivity index is 1.92. The van der Waals surface area contributed by atoms with Gasteiger partial charge in [-0.15, -0.1) is 0 Å². The highest BCUT2D eigenvalue weighted by Crippen LogP contribution is 2.26. The lowest BCUT2D eigenvalue weighted by molar-refractivity contribution is -0.163. The molecule has 1 aliphatic rings. The Morgan fingerprint density at radius 3 is 1.59 bits per heavy atom. The molecule has 3 N–H and O–H groups in total. The van der Waals surface area contributed by atoms with Crippen molar-refractivity contribution in [3.63, 3.8) is 0 Å². The van der Waals surface area contributed by atoms with Crippen LogP contribution in [-0.4, -0.2) is 124 Å². The van der Waals surface area contributed by atoms with Crippen molar-refractivity contribution in [1.82, 2.24) is 35.2 Å². The number of esters is 1. The molecule has 16 heteroatoms. The third-order valence-corrected chi connectivity index (χ3v) is 12.7. The molecular formula is C53H76N8O8. The van der Waals surface area contributed by atoms with Gasteiger partial charge in [-0.25, -0.2) is 4.79 Å². The summed E-state index contributed by atoms with van der Waals surface area (Å²) in [5.41, 5.74) is 2.77. The fraction of sp³-hybridized carbons (Fsp3) is 0.585. The predicted octanol–water partition coefficient (Wildman–Crippen LogP) is 5.60. The number of carbonyl (C=O) groups is 7. The Kier molecular flexibility index (Phi) is 20.4. The standard InChI is InChI=1S/C53H76N8O8/c1-32(2)25-40-50(65)58(10)36(9)53(68)69-46(23-18-24-54)49(64)57-42(27-34(5)6)52(67)59(11)44(28-35(7)8)47(62)56-41(26-33(3)4)51(66)60(12)45(48(63)55-40)29-38-31-61(30-37-19-14-13-15-20-37)43-22-17-16-21-39(38)43/h13-17,19-22,31-36,40-42,44-46H,18,23,25-30H2,1-12H3,(H,55,63)(H,56,62)(H,57,64)/t36-,40-,41-,42-,44-,45-,46?/m0/s1. The lowest BCUT2D eigenvalue weighted by Gasteiger charge is -2.35. The molecule has 6 amide bonds. The van der Waals surface area contributed by atoms with E-state index in [2.05, 4.69) is 20.5 Å². The second-order valence-electron chi connectivity index (χ2n) is 20.4. The van der Waals surface area contributed by atoms with E-state index in [1.807, 2.05) is 122 Å². The molecule has 376 valence electrons. The van der Waals surface area contributed by atoms with Crippen molar-refractivity contribution < 1.29 is 38.3 Å². The van der Waals surface area contributed by atoms with Gasteiger partial charge in [0.1, 0.15) is 36.3 Å². The molecule has 69 heavy (non-hydrogen) atoms. The van der Waals surface area contributed by atoms with Crippen molar-refractivity contribution in [2.24, 2.45) is 23.7 Å². The average Bonchev–Trinajstić information content (AvgIpc) is 3.64. The number of hydrogen-bond donors (Lipinski definition) is 3. The number of cyclic esters (lactones) is 1. The van der Waals surface area contributed by atoms with Crippen molar-refractivity contribution in [1.29, 1.82) is 5.26 Å². The molecule has 1 unspecified atom stereocenters. The lowest BCUT2D eigenvalue weighted by atomic mass is 9.96. The van der Waals surface area contributed by atoms with Crippen molar-refractivity contribution >= 4 is 52.3 Å². The van der Waals surface area contributed by atoms with Crippen molar-refractivity contribution in [2.75, 3.05) is 21.1 Å². The summed E-state index contributed by atoms with van der Waals surface area (Å²) >= 11 is 0. The molecule has 0 saturated carbocycles.